The predicted octanol–water partition coefficient (Wildman–Crippen LogP) is 3.37. The summed E-state index contributed by atoms with van der Waals surface area (Å²) in [6, 6.07) is 5.92. The van der Waals surface area contributed by atoms with Crippen molar-refractivity contribution in [1.82, 2.24) is 4.90 Å². The van der Waals surface area contributed by atoms with Gasteiger partial charge in [0.15, 0.2) is 0 Å². The van der Waals surface area contributed by atoms with Crippen LogP contribution in [0.2, 0.25) is 10.0 Å². The summed E-state index contributed by atoms with van der Waals surface area (Å²) in [5.74, 6) is 0.406. The molecule has 1 N–H and O–H groups in total. The van der Waals surface area contributed by atoms with Gasteiger partial charge in [0.2, 0.25) is 0 Å². The number of aliphatic hydroxyl groups excluding tert-OH is 1. The summed E-state index contributed by atoms with van der Waals surface area (Å²) in [4.78, 5) is 2.36. The summed E-state index contributed by atoms with van der Waals surface area (Å²) in [5.41, 5.74) is 1.11. The van der Waals surface area contributed by atoms with E-state index >= 15 is 0 Å². The Hall–Kier alpha value is -0.280. The van der Waals surface area contributed by atoms with Crippen LogP contribution in [0.5, 0.6) is 0 Å². The van der Waals surface area contributed by atoms with E-state index in [1.807, 2.05) is 12.1 Å². The van der Waals surface area contributed by atoms with Crippen LogP contribution in [-0.4, -0.2) is 29.7 Å². The maximum Gasteiger partial charge on any atom is 0.0471 e. The third-order valence-electron chi connectivity index (χ3n) is 3.54. The van der Waals surface area contributed by atoms with Gasteiger partial charge in [0.05, 0.1) is 0 Å². The lowest BCUT2D eigenvalue weighted by Crippen LogP contribution is -2.25. The first-order chi connectivity index (χ1) is 8.11. The van der Waals surface area contributed by atoms with Gasteiger partial charge in [-0.1, -0.05) is 29.3 Å². The maximum absolute atomic E-state index is 9.16. The highest BCUT2D eigenvalue weighted by Gasteiger charge is 2.27. The van der Waals surface area contributed by atoms with Gasteiger partial charge in [-0.05, 0) is 43.5 Å². The highest BCUT2D eigenvalue weighted by Crippen LogP contribution is 2.32. The van der Waals surface area contributed by atoms with Crippen LogP contribution in [0.15, 0.2) is 18.2 Å². The molecule has 0 bridgehead atoms. The van der Waals surface area contributed by atoms with Crippen molar-refractivity contribution in [2.24, 2.45) is 5.92 Å². The van der Waals surface area contributed by atoms with E-state index < -0.39 is 0 Å². The van der Waals surface area contributed by atoms with Crippen molar-refractivity contribution >= 4 is 23.2 Å². The molecule has 1 fully saturated rings. The monoisotopic (exact) mass is 273 g/mol. The van der Waals surface area contributed by atoms with Crippen molar-refractivity contribution in [3.05, 3.63) is 33.8 Å². The van der Waals surface area contributed by atoms with Gasteiger partial charge >= 0.3 is 0 Å². The van der Waals surface area contributed by atoms with Gasteiger partial charge in [-0.25, -0.2) is 0 Å². The zero-order valence-corrected chi connectivity index (χ0v) is 11.4. The highest BCUT2D eigenvalue weighted by atomic mass is 35.5. The molecule has 0 spiro atoms. The lowest BCUT2D eigenvalue weighted by molar-refractivity contribution is 0.205. The molecule has 0 aromatic heterocycles. The number of rotatable bonds is 3. The Morgan fingerprint density at radius 1 is 1.47 bits per heavy atom. The van der Waals surface area contributed by atoms with Gasteiger partial charge in [0.25, 0.3) is 0 Å². The first-order valence-electron chi connectivity index (χ1n) is 5.91. The van der Waals surface area contributed by atoms with E-state index in [1.165, 1.54) is 0 Å². The molecule has 1 saturated heterocycles. The summed E-state index contributed by atoms with van der Waals surface area (Å²) in [5, 5.41) is 10.5. The van der Waals surface area contributed by atoms with Gasteiger partial charge in [-0.3, -0.25) is 4.90 Å². The third-order valence-corrected chi connectivity index (χ3v) is 4.10. The lowest BCUT2D eigenvalue weighted by atomic mass is 10.1. The maximum atomic E-state index is 9.16. The zero-order chi connectivity index (χ0) is 12.4. The second-order valence-electron chi connectivity index (χ2n) is 4.67. The molecule has 0 aliphatic carbocycles. The van der Waals surface area contributed by atoms with Crippen LogP contribution in [0.4, 0.5) is 0 Å². The zero-order valence-electron chi connectivity index (χ0n) is 9.87. The van der Waals surface area contributed by atoms with Gasteiger partial charge in [-0.2, -0.15) is 0 Å². The first-order valence-corrected chi connectivity index (χ1v) is 6.67. The Kier molecular flexibility index (Phi) is 4.31. The molecule has 1 aromatic carbocycles. The second-order valence-corrected chi connectivity index (χ2v) is 5.52. The normalized spacial score (nSPS) is 22.9. The number of benzene rings is 1. The summed E-state index contributed by atoms with van der Waals surface area (Å²) in [6.07, 6.45) is 1.06. The Labute approximate surface area is 112 Å². The Bertz CT molecular complexity index is 397. The van der Waals surface area contributed by atoms with Gasteiger partial charge in [0.1, 0.15) is 0 Å². The molecule has 0 amide bonds. The summed E-state index contributed by atoms with van der Waals surface area (Å²) in [6.45, 7) is 4.38. The van der Waals surface area contributed by atoms with Crippen molar-refractivity contribution in [2.75, 3.05) is 19.7 Å². The van der Waals surface area contributed by atoms with Crippen LogP contribution in [-0.2, 0) is 0 Å². The van der Waals surface area contributed by atoms with Gasteiger partial charge in [0, 0.05) is 29.2 Å². The smallest absolute Gasteiger partial charge is 0.0471 e. The molecule has 4 heteroatoms. The van der Waals surface area contributed by atoms with Crippen LogP contribution in [0.25, 0.3) is 0 Å². The van der Waals surface area contributed by atoms with Crippen LogP contribution in [0.3, 0.4) is 0 Å². The minimum atomic E-state index is 0.274. The van der Waals surface area contributed by atoms with E-state index in [0.29, 0.717) is 10.9 Å². The van der Waals surface area contributed by atoms with Gasteiger partial charge < -0.3 is 5.11 Å². The van der Waals surface area contributed by atoms with Crippen molar-refractivity contribution < 1.29 is 5.11 Å². The molecule has 1 aliphatic rings. The molecule has 17 heavy (non-hydrogen) atoms. The SMILES string of the molecule is CC(c1ccc(Cl)cc1Cl)N1CCC(CO)C1. The molecule has 0 radical (unpaired) electrons. The van der Waals surface area contributed by atoms with Gasteiger partial charge in [-0.15, -0.1) is 0 Å². The molecule has 2 atom stereocenters. The van der Waals surface area contributed by atoms with Crippen LogP contribution < -0.4 is 0 Å². The fraction of sp³-hybridized carbons (Fsp3) is 0.538. The fourth-order valence-corrected chi connectivity index (χ4v) is 2.97. The molecular formula is C13H17Cl2NO. The lowest BCUT2D eigenvalue weighted by Gasteiger charge is -2.25. The quantitative estimate of drug-likeness (QED) is 0.913. The summed E-state index contributed by atoms with van der Waals surface area (Å²) in [7, 11) is 0. The summed E-state index contributed by atoms with van der Waals surface area (Å²) >= 11 is 12.1. The Balaban J connectivity index is 2.12. The standard InChI is InChI=1S/C13H17Cl2NO/c1-9(16-5-4-10(7-16)8-17)12-3-2-11(14)6-13(12)15/h2-3,6,9-10,17H,4-5,7-8H2,1H3. The predicted molar refractivity (Wildman–Crippen MR) is 71.6 cm³/mol. The molecule has 1 aliphatic heterocycles. The van der Waals surface area contributed by atoms with Crippen LogP contribution in [0, 0.1) is 5.92 Å². The second kappa shape index (κ2) is 5.57. The van der Waals surface area contributed by atoms with E-state index in [9.17, 15) is 0 Å². The molecule has 1 aromatic rings. The summed E-state index contributed by atoms with van der Waals surface area (Å²) < 4.78 is 0. The van der Waals surface area contributed by atoms with Crippen molar-refractivity contribution in [2.45, 2.75) is 19.4 Å². The van der Waals surface area contributed by atoms with Crippen LogP contribution >= 0.6 is 23.2 Å². The minimum Gasteiger partial charge on any atom is -0.396 e. The minimum absolute atomic E-state index is 0.274. The van der Waals surface area contributed by atoms with E-state index in [4.69, 9.17) is 28.3 Å². The highest BCUT2D eigenvalue weighted by molar-refractivity contribution is 6.35. The number of aliphatic hydroxyl groups is 1. The number of halogens is 2. The largest absolute Gasteiger partial charge is 0.396 e. The molecule has 2 unspecified atom stereocenters. The number of hydrogen-bond donors (Lipinski definition) is 1. The Morgan fingerprint density at radius 3 is 2.82 bits per heavy atom. The number of likely N-dealkylation sites (tertiary alicyclic amines) is 1. The third kappa shape index (κ3) is 2.94. The molecule has 1 heterocycles. The topological polar surface area (TPSA) is 23.5 Å². The van der Waals surface area contributed by atoms with Crippen LogP contribution in [0.1, 0.15) is 24.9 Å². The first kappa shape index (κ1) is 13.2. The van der Waals surface area contributed by atoms with Crippen molar-refractivity contribution in [3.8, 4) is 0 Å². The number of nitrogens with zero attached hydrogens (tertiary/aromatic N) is 1. The van der Waals surface area contributed by atoms with E-state index in [0.717, 1.165) is 30.1 Å². The molecule has 2 nitrogen and oxygen atoms in total. The van der Waals surface area contributed by atoms with E-state index in [-0.39, 0.29) is 12.6 Å². The average molecular weight is 274 g/mol. The molecule has 94 valence electrons. The molecule has 0 saturated carbocycles. The Morgan fingerprint density at radius 2 is 2.24 bits per heavy atom. The van der Waals surface area contributed by atoms with Crippen molar-refractivity contribution in [1.29, 1.82) is 0 Å². The number of hydrogen-bond acceptors (Lipinski definition) is 2. The molecule has 2 rings (SSSR count). The van der Waals surface area contributed by atoms with Crippen molar-refractivity contribution in [3.63, 3.8) is 0 Å². The average Bonchev–Trinajstić information content (AvgIpc) is 2.76. The van der Waals surface area contributed by atoms with E-state index in [2.05, 4.69) is 11.8 Å². The van der Waals surface area contributed by atoms with E-state index in [1.54, 1.807) is 6.07 Å². The molecular weight excluding hydrogens is 257 g/mol. The fourth-order valence-electron chi connectivity index (χ4n) is 2.40.